The maximum absolute atomic E-state index is 4.32. The lowest BCUT2D eigenvalue weighted by Crippen LogP contribution is -2.01. The van der Waals surface area contributed by atoms with Crippen LogP contribution in [0.1, 0.15) is 17.1 Å². The van der Waals surface area contributed by atoms with E-state index in [0.717, 1.165) is 29.4 Å². The third-order valence-corrected chi connectivity index (χ3v) is 3.56. The summed E-state index contributed by atoms with van der Waals surface area (Å²) < 4.78 is 1.88. The third-order valence-electron chi connectivity index (χ3n) is 3.56. The van der Waals surface area contributed by atoms with Gasteiger partial charge in [0.1, 0.15) is 5.82 Å². The molecule has 0 aliphatic carbocycles. The first-order chi connectivity index (χ1) is 10.1. The van der Waals surface area contributed by atoms with Crippen molar-refractivity contribution in [2.45, 2.75) is 20.4 Å². The minimum Gasteiger partial charge on any atom is -0.381 e. The van der Waals surface area contributed by atoms with Gasteiger partial charge < -0.3 is 5.32 Å². The highest BCUT2D eigenvalue weighted by Crippen LogP contribution is 2.18. The molecule has 1 aromatic carbocycles. The van der Waals surface area contributed by atoms with Gasteiger partial charge in [-0.2, -0.15) is 10.2 Å². The lowest BCUT2D eigenvalue weighted by Gasteiger charge is -2.06. The van der Waals surface area contributed by atoms with Crippen molar-refractivity contribution in [3.05, 3.63) is 47.5 Å². The van der Waals surface area contributed by atoms with Gasteiger partial charge in [-0.25, -0.2) is 4.98 Å². The molecule has 6 nitrogen and oxygen atoms in total. The van der Waals surface area contributed by atoms with Crippen LogP contribution in [0, 0.1) is 13.8 Å². The van der Waals surface area contributed by atoms with Crippen LogP contribution in [0.3, 0.4) is 0 Å². The summed E-state index contributed by atoms with van der Waals surface area (Å²) in [6.07, 6.45) is 1.90. The molecule has 0 amide bonds. The Labute approximate surface area is 123 Å². The summed E-state index contributed by atoms with van der Waals surface area (Å²) in [5.41, 5.74) is 4.44. The van der Waals surface area contributed by atoms with Crippen molar-refractivity contribution < 1.29 is 0 Å². The van der Waals surface area contributed by atoms with Gasteiger partial charge in [0.2, 0.25) is 0 Å². The Morgan fingerprint density at radius 3 is 2.52 bits per heavy atom. The topological polar surface area (TPSA) is 71.4 Å². The number of rotatable bonds is 4. The van der Waals surface area contributed by atoms with Gasteiger partial charge in [0, 0.05) is 36.1 Å². The van der Waals surface area contributed by atoms with Crippen LogP contribution in [-0.2, 0) is 13.6 Å². The Balaban J connectivity index is 1.68. The zero-order chi connectivity index (χ0) is 14.8. The summed E-state index contributed by atoms with van der Waals surface area (Å²) in [5.74, 6) is 1.54. The van der Waals surface area contributed by atoms with E-state index in [9.17, 15) is 0 Å². The van der Waals surface area contributed by atoms with E-state index in [-0.39, 0.29) is 0 Å². The van der Waals surface area contributed by atoms with Crippen LogP contribution in [0.4, 0.5) is 5.69 Å². The molecular weight excluding hydrogens is 264 g/mol. The minimum absolute atomic E-state index is 0.724. The molecule has 2 heterocycles. The number of hydrogen-bond acceptors (Lipinski definition) is 4. The molecule has 0 unspecified atom stereocenters. The molecule has 0 bridgehead atoms. The van der Waals surface area contributed by atoms with Gasteiger partial charge in [0.15, 0.2) is 5.82 Å². The van der Waals surface area contributed by atoms with Gasteiger partial charge in [-0.3, -0.25) is 9.78 Å². The van der Waals surface area contributed by atoms with E-state index in [1.165, 1.54) is 11.3 Å². The lowest BCUT2D eigenvalue weighted by atomic mass is 10.2. The van der Waals surface area contributed by atoms with Crippen molar-refractivity contribution >= 4 is 5.69 Å². The molecule has 108 valence electrons. The van der Waals surface area contributed by atoms with Crippen molar-refractivity contribution in [3.8, 4) is 11.4 Å². The highest BCUT2D eigenvalue weighted by molar-refractivity contribution is 5.59. The van der Waals surface area contributed by atoms with Crippen molar-refractivity contribution in [1.82, 2.24) is 25.0 Å². The van der Waals surface area contributed by atoms with Crippen LogP contribution in [0.15, 0.2) is 30.5 Å². The Bertz CT molecular complexity index is 738. The average Bonchev–Trinajstić information content (AvgIpc) is 3.06. The normalized spacial score (nSPS) is 10.8. The van der Waals surface area contributed by atoms with Crippen LogP contribution in [-0.4, -0.2) is 25.0 Å². The summed E-state index contributed by atoms with van der Waals surface area (Å²) in [6, 6.07) is 8.10. The van der Waals surface area contributed by atoms with E-state index in [2.05, 4.69) is 32.5 Å². The molecule has 3 aromatic rings. The Hall–Kier alpha value is -2.63. The second-order valence-corrected chi connectivity index (χ2v) is 5.05. The molecule has 0 saturated heterocycles. The van der Waals surface area contributed by atoms with Gasteiger partial charge in [-0.15, -0.1) is 0 Å². The number of nitrogens with one attached hydrogen (secondary N) is 2. The van der Waals surface area contributed by atoms with Gasteiger partial charge in [-0.1, -0.05) is 0 Å². The standard InChI is InChI=1S/C15H18N6/c1-10-13(9-17-21(10)3)8-16-14-6-4-12(5-7-14)15-18-11(2)19-20-15/h4-7,9,16H,8H2,1-3H3,(H,18,19,20). The maximum Gasteiger partial charge on any atom is 0.181 e. The SMILES string of the molecule is Cc1nc(-c2ccc(NCc3cnn(C)c3C)cc2)n[nH]1. The predicted molar refractivity (Wildman–Crippen MR) is 81.8 cm³/mol. The molecule has 2 aromatic heterocycles. The van der Waals surface area contributed by atoms with Gasteiger partial charge in [0.25, 0.3) is 0 Å². The maximum atomic E-state index is 4.32. The van der Waals surface area contributed by atoms with Crippen LogP contribution in [0.25, 0.3) is 11.4 Å². The first kappa shape index (κ1) is 13.4. The molecule has 3 rings (SSSR count). The first-order valence-electron chi connectivity index (χ1n) is 6.84. The molecule has 2 N–H and O–H groups in total. The van der Waals surface area contributed by atoms with Crippen molar-refractivity contribution in [1.29, 1.82) is 0 Å². The number of hydrogen-bond donors (Lipinski definition) is 2. The van der Waals surface area contributed by atoms with Gasteiger partial charge >= 0.3 is 0 Å². The van der Waals surface area contributed by atoms with Crippen LogP contribution < -0.4 is 5.32 Å². The molecule has 0 saturated carbocycles. The molecule has 0 aliphatic rings. The first-order valence-corrected chi connectivity index (χ1v) is 6.84. The number of aromatic amines is 1. The molecule has 0 radical (unpaired) electrons. The fourth-order valence-electron chi connectivity index (χ4n) is 2.12. The average molecular weight is 282 g/mol. The molecule has 0 fully saturated rings. The summed E-state index contributed by atoms with van der Waals surface area (Å²) >= 11 is 0. The molecular formula is C15H18N6. The van der Waals surface area contributed by atoms with Gasteiger partial charge in [0.05, 0.1) is 6.20 Å². The number of H-pyrrole nitrogens is 1. The number of nitrogens with zero attached hydrogens (tertiary/aromatic N) is 4. The molecule has 0 atom stereocenters. The van der Waals surface area contributed by atoms with Crippen LogP contribution >= 0.6 is 0 Å². The fourth-order valence-corrected chi connectivity index (χ4v) is 2.12. The quantitative estimate of drug-likeness (QED) is 0.771. The number of aromatic nitrogens is 5. The Morgan fingerprint density at radius 2 is 1.95 bits per heavy atom. The lowest BCUT2D eigenvalue weighted by molar-refractivity contribution is 0.738. The van der Waals surface area contributed by atoms with Crippen LogP contribution in [0.5, 0.6) is 0 Å². The fraction of sp³-hybridized carbons (Fsp3) is 0.267. The summed E-state index contributed by atoms with van der Waals surface area (Å²) in [7, 11) is 1.95. The Morgan fingerprint density at radius 1 is 1.19 bits per heavy atom. The molecule has 0 aliphatic heterocycles. The van der Waals surface area contributed by atoms with Crippen LogP contribution in [0.2, 0.25) is 0 Å². The zero-order valence-corrected chi connectivity index (χ0v) is 12.4. The highest BCUT2D eigenvalue weighted by atomic mass is 15.3. The van der Waals surface area contributed by atoms with E-state index in [0.29, 0.717) is 0 Å². The molecule has 6 heteroatoms. The minimum atomic E-state index is 0.724. The number of benzene rings is 1. The van der Waals surface area contributed by atoms with E-state index >= 15 is 0 Å². The second-order valence-electron chi connectivity index (χ2n) is 5.05. The van der Waals surface area contributed by atoms with E-state index < -0.39 is 0 Å². The van der Waals surface area contributed by atoms with E-state index in [1.54, 1.807) is 0 Å². The number of anilines is 1. The predicted octanol–water partition coefficient (Wildman–Crippen LogP) is 2.43. The zero-order valence-electron chi connectivity index (χ0n) is 12.4. The summed E-state index contributed by atoms with van der Waals surface area (Å²) in [5, 5.41) is 14.6. The van der Waals surface area contributed by atoms with E-state index in [4.69, 9.17) is 0 Å². The van der Waals surface area contributed by atoms with Crippen molar-refractivity contribution in [3.63, 3.8) is 0 Å². The number of aryl methyl sites for hydroxylation is 2. The molecule has 21 heavy (non-hydrogen) atoms. The monoisotopic (exact) mass is 282 g/mol. The third kappa shape index (κ3) is 2.79. The second kappa shape index (κ2) is 5.40. The highest BCUT2D eigenvalue weighted by Gasteiger charge is 2.05. The largest absolute Gasteiger partial charge is 0.381 e. The Kier molecular flexibility index (Phi) is 3.43. The van der Waals surface area contributed by atoms with E-state index in [1.807, 2.05) is 49.1 Å². The summed E-state index contributed by atoms with van der Waals surface area (Å²) in [4.78, 5) is 4.32. The van der Waals surface area contributed by atoms with Crippen molar-refractivity contribution in [2.75, 3.05) is 5.32 Å². The smallest absolute Gasteiger partial charge is 0.181 e. The van der Waals surface area contributed by atoms with Gasteiger partial charge in [-0.05, 0) is 38.1 Å². The van der Waals surface area contributed by atoms with Crippen molar-refractivity contribution in [2.24, 2.45) is 7.05 Å². The summed E-state index contributed by atoms with van der Waals surface area (Å²) in [6.45, 7) is 4.72. The molecule has 0 spiro atoms.